The molecule has 0 aliphatic carbocycles. The Hall–Kier alpha value is -1.53. The maximum absolute atomic E-state index is 10.4. The van der Waals surface area contributed by atoms with Gasteiger partial charge in [-0.15, -0.1) is 0 Å². The van der Waals surface area contributed by atoms with E-state index in [1.54, 1.807) is 0 Å². The molecule has 0 unspecified atom stereocenters. The molecule has 27 heteroatoms. The summed E-state index contributed by atoms with van der Waals surface area (Å²) in [7, 11) is 0. The molecule has 1 N–H and O–H groups in total. The van der Waals surface area contributed by atoms with E-state index < -0.39 is 5.97 Å². The molecule has 0 aromatic rings. The molecule has 0 radical (unpaired) electrons. The number of rotatable bonds is 77. The third-order valence-corrected chi connectivity index (χ3v) is 9.74. The number of carboxylic acids is 1. The van der Waals surface area contributed by atoms with Gasteiger partial charge in [-0.05, 0) is 6.42 Å². The minimum absolute atomic E-state index is 0.00969. The lowest BCUT2D eigenvalue weighted by molar-refractivity contribution is -0.138. The van der Waals surface area contributed by atoms with E-state index in [0.717, 1.165) is 13.0 Å². The second-order valence-corrected chi connectivity index (χ2v) is 16.5. The molecule has 27 nitrogen and oxygen atoms in total. The first-order valence-electron chi connectivity index (χ1n) is 28.9. The first kappa shape index (κ1) is 79.5. The van der Waals surface area contributed by atoms with Gasteiger partial charge in [-0.2, -0.15) is 0 Å². The van der Waals surface area contributed by atoms with Gasteiger partial charge in [-0.3, -0.25) is 4.79 Å². The predicted octanol–water partition coefficient (Wildman–Crippen LogP) is 1.29. The van der Waals surface area contributed by atoms with Crippen molar-refractivity contribution in [1.29, 1.82) is 0 Å². The minimum atomic E-state index is -0.880. The summed E-state index contributed by atoms with van der Waals surface area (Å²) in [6.07, 6.45) is 1.01. The lowest BCUT2D eigenvalue weighted by Crippen LogP contribution is -2.16. The van der Waals surface area contributed by atoms with Gasteiger partial charge in [0.2, 0.25) is 0 Å². The first-order chi connectivity index (χ1) is 40.3. The van der Waals surface area contributed by atoms with E-state index in [0.29, 0.717) is 317 Å². The second-order valence-electron chi connectivity index (χ2n) is 16.5. The Bertz CT molecular complexity index is 1130. The fraction of sp³-hybridized carbons (Fsp3) is 0.981. The van der Waals surface area contributed by atoms with E-state index >= 15 is 0 Å². The van der Waals surface area contributed by atoms with Gasteiger partial charge in [0.05, 0.1) is 330 Å². The van der Waals surface area contributed by atoms with Crippen LogP contribution in [0.25, 0.3) is 0 Å². The summed E-state index contributed by atoms with van der Waals surface area (Å²) in [5.74, 6) is -0.880. The Kier molecular flexibility index (Phi) is 75.0. The third-order valence-electron chi connectivity index (χ3n) is 9.74. The molecule has 0 rings (SSSR count). The Morgan fingerprint density at radius 2 is 0.259 bits per heavy atom. The highest BCUT2D eigenvalue weighted by Crippen LogP contribution is 1.92. The monoisotopic (exact) mass is 1190 g/mol. The average Bonchev–Trinajstić information content (AvgIpc) is 3.47. The fourth-order valence-electron chi connectivity index (χ4n) is 5.68. The van der Waals surface area contributed by atoms with Crippen LogP contribution in [0, 0.1) is 0 Å². The van der Waals surface area contributed by atoms with Crippen LogP contribution in [0.3, 0.4) is 0 Å². The van der Waals surface area contributed by atoms with Crippen LogP contribution in [0.1, 0.15) is 19.8 Å². The molecule has 0 amide bonds. The Morgan fingerprint density at radius 3 is 0.346 bits per heavy atom. The minimum Gasteiger partial charge on any atom is -0.481 e. The number of hydrogen-bond donors (Lipinski definition) is 1. The smallest absolute Gasteiger partial charge is 0.305 e. The maximum atomic E-state index is 10.4. The third kappa shape index (κ3) is 78.5. The highest BCUT2D eigenvalue weighted by molar-refractivity contribution is 5.66. The quantitative estimate of drug-likeness (QED) is 0.0841. The van der Waals surface area contributed by atoms with Crippen molar-refractivity contribution >= 4 is 5.97 Å². The van der Waals surface area contributed by atoms with Crippen molar-refractivity contribution < 1.29 is 128 Å². The van der Waals surface area contributed by atoms with E-state index in [1.165, 1.54) is 0 Å². The lowest BCUT2D eigenvalue weighted by Gasteiger charge is -2.09. The number of aliphatic carboxylic acids is 1. The van der Waals surface area contributed by atoms with Crippen LogP contribution in [0.4, 0.5) is 0 Å². The molecule has 486 valence electrons. The Balaban J connectivity index is 3.08. The van der Waals surface area contributed by atoms with Crippen molar-refractivity contribution in [2.45, 2.75) is 19.8 Å². The summed E-state index contributed by atoms with van der Waals surface area (Å²) >= 11 is 0. The fourth-order valence-corrected chi connectivity index (χ4v) is 5.68. The van der Waals surface area contributed by atoms with Gasteiger partial charge in [0.25, 0.3) is 0 Å². The summed E-state index contributed by atoms with van der Waals surface area (Å²) in [6, 6.07) is 0. The summed E-state index contributed by atoms with van der Waals surface area (Å²) in [6.45, 7) is 26.4. The van der Waals surface area contributed by atoms with Crippen molar-refractivity contribution in [2.75, 3.05) is 330 Å². The molecule has 0 spiro atoms. The van der Waals surface area contributed by atoms with Crippen molar-refractivity contribution in [1.82, 2.24) is 0 Å². The van der Waals surface area contributed by atoms with Gasteiger partial charge in [-0.1, -0.05) is 6.92 Å². The SMILES string of the molecule is CCCOCCOCCOCCOCCOCCOCCOCCOCCOCCOCCOCCOCCOCCOCCOCCOCCOCCOCCOCCOCCOCCOCCOCCOCCOCCC(=O)O. The van der Waals surface area contributed by atoms with Crippen molar-refractivity contribution in [3.8, 4) is 0 Å². The highest BCUT2D eigenvalue weighted by atomic mass is 16.6. The van der Waals surface area contributed by atoms with Crippen molar-refractivity contribution in [3.05, 3.63) is 0 Å². The molecule has 0 atom stereocenters. The molecular formula is C54H108O27. The molecule has 0 saturated carbocycles. The normalized spacial score (nSPS) is 11.7. The van der Waals surface area contributed by atoms with Gasteiger partial charge >= 0.3 is 5.97 Å². The molecule has 0 aromatic carbocycles. The van der Waals surface area contributed by atoms with Gasteiger partial charge in [0, 0.05) is 6.61 Å². The zero-order valence-electron chi connectivity index (χ0n) is 49.3. The summed E-state index contributed by atoms with van der Waals surface area (Å²) < 4.78 is 137. The molecule has 0 aliphatic heterocycles. The van der Waals surface area contributed by atoms with Gasteiger partial charge in [-0.25, -0.2) is 0 Å². The van der Waals surface area contributed by atoms with Gasteiger partial charge in [0.15, 0.2) is 0 Å². The molecule has 0 fully saturated rings. The van der Waals surface area contributed by atoms with E-state index in [-0.39, 0.29) is 13.0 Å². The number of carboxylic acid groups (broad SMARTS) is 1. The van der Waals surface area contributed by atoms with Crippen LogP contribution in [0.5, 0.6) is 0 Å². The summed E-state index contributed by atoms with van der Waals surface area (Å²) in [5, 5.41) is 8.52. The molecular weight excluding hydrogens is 1080 g/mol. The molecule has 0 saturated heterocycles. The van der Waals surface area contributed by atoms with Crippen molar-refractivity contribution in [3.63, 3.8) is 0 Å². The van der Waals surface area contributed by atoms with Crippen LogP contribution in [0.15, 0.2) is 0 Å². The second kappa shape index (κ2) is 76.5. The zero-order chi connectivity index (χ0) is 58.0. The average molecular weight is 1190 g/mol. The van der Waals surface area contributed by atoms with Crippen LogP contribution < -0.4 is 0 Å². The molecule has 0 bridgehead atoms. The van der Waals surface area contributed by atoms with E-state index in [4.69, 9.17) is 124 Å². The van der Waals surface area contributed by atoms with Crippen LogP contribution in [-0.2, 0) is 123 Å². The van der Waals surface area contributed by atoms with Crippen LogP contribution in [-0.4, -0.2) is 341 Å². The number of hydrogen-bond acceptors (Lipinski definition) is 26. The molecule has 81 heavy (non-hydrogen) atoms. The Morgan fingerprint density at radius 1 is 0.173 bits per heavy atom. The van der Waals surface area contributed by atoms with Crippen LogP contribution in [0.2, 0.25) is 0 Å². The zero-order valence-corrected chi connectivity index (χ0v) is 49.3. The molecule has 0 aromatic heterocycles. The summed E-state index contributed by atoms with van der Waals surface area (Å²) in [4.78, 5) is 10.4. The standard InChI is InChI=1S/C54H108O27/c1-2-4-57-6-8-59-10-12-61-14-16-63-18-20-65-22-24-67-26-28-69-30-32-71-34-36-73-38-40-75-42-44-77-46-48-79-50-52-81-53-51-80-49-47-78-45-43-76-41-39-74-37-35-72-33-31-70-29-27-68-25-23-66-21-19-64-17-15-62-13-11-60-9-7-58-5-3-54(55)56/h2-53H2,1H3,(H,55,56). The predicted molar refractivity (Wildman–Crippen MR) is 293 cm³/mol. The first-order valence-corrected chi connectivity index (χ1v) is 28.9. The van der Waals surface area contributed by atoms with Gasteiger partial charge in [0.1, 0.15) is 0 Å². The summed E-state index contributed by atoms with van der Waals surface area (Å²) in [5.41, 5.74) is 0. The number of carbonyl (C=O) groups is 1. The van der Waals surface area contributed by atoms with E-state index in [2.05, 4.69) is 6.92 Å². The van der Waals surface area contributed by atoms with Gasteiger partial charge < -0.3 is 124 Å². The largest absolute Gasteiger partial charge is 0.481 e. The Labute approximate surface area is 483 Å². The highest BCUT2D eigenvalue weighted by Gasteiger charge is 2.01. The topological polar surface area (TPSA) is 268 Å². The van der Waals surface area contributed by atoms with E-state index in [9.17, 15) is 4.79 Å². The number of ether oxygens (including phenoxy) is 25. The van der Waals surface area contributed by atoms with E-state index in [1.807, 2.05) is 0 Å². The van der Waals surface area contributed by atoms with Crippen LogP contribution >= 0.6 is 0 Å². The lowest BCUT2D eigenvalue weighted by atomic mass is 10.5. The molecule has 0 aliphatic rings. The molecule has 0 heterocycles. The van der Waals surface area contributed by atoms with Crippen molar-refractivity contribution in [2.24, 2.45) is 0 Å². The maximum Gasteiger partial charge on any atom is 0.305 e.